The lowest BCUT2D eigenvalue weighted by Gasteiger charge is -2.34. The molecule has 2 aliphatic rings. The average Bonchev–Trinajstić information content (AvgIpc) is 3.07. The summed E-state index contributed by atoms with van der Waals surface area (Å²) in [6, 6.07) is 4.11. The van der Waals surface area contributed by atoms with E-state index in [2.05, 4.69) is 22.5 Å². The molecule has 1 aromatic heterocycles. The van der Waals surface area contributed by atoms with Gasteiger partial charge in [-0.1, -0.05) is 12.1 Å². The SMILES string of the molecule is C=CCS(=O)(=O)N1CC[C@H](C2CCN(Cc3cccnc3)CC2)C1. The summed E-state index contributed by atoms with van der Waals surface area (Å²) in [4.78, 5) is 6.66. The predicted molar refractivity (Wildman–Crippen MR) is 95.9 cm³/mol. The fourth-order valence-electron chi connectivity index (χ4n) is 3.98. The highest BCUT2D eigenvalue weighted by Gasteiger charge is 2.35. The molecule has 3 heterocycles. The van der Waals surface area contributed by atoms with Crippen molar-refractivity contribution >= 4 is 10.0 Å². The molecule has 0 aromatic carbocycles. The summed E-state index contributed by atoms with van der Waals surface area (Å²) in [5.74, 6) is 1.23. The highest BCUT2D eigenvalue weighted by Crippen LogP contribution is 2.33. The molecule has 0 saturated carbocycles. The number of piperidine rings is 1. The first-order valence-corrected chi connectivity index (χ1v) is 10.4. The quantitative estimate of drug-likeness (QED) is 0.738. The molecule has 1 aromatic rings. The standard InChI is InChI=1S/C18H27N3O2S/c1-2-12-24(22,23)21-11-7-18(15-21)17-5-9-20(10-6-17)14-16-4-3-8-19-13-16/h2-4,8,13,17-18H,1,5-7,9-12,14-15H2/t18-/m0/s1. The molecule has 2 fully saturated rings. The van der Waals surface area contributed by atoms with Crippen LogP contribution in [0, 0.1) is 11.8 Å². The Bertz CT molecular complexity index is 639. The Hall–Kier alpha value is -1.24. The molecule has 0 amide bonds. The molecule has 24 heavy (non-hydrogen) atoms. The smallest absolute Gasteiger partial charge is 0.217 e. The van der Waals surface area contributed by atoms with Gasteiger partial charge in [0.1, 0.15) is 0 Å². The van der Waals surface area contributed by atoms with Crippen molar-refractivity contribution in [1.82, 2.24) is 14.2 Å². The van der Waals surface area contributed by atoms with Crippen LogP contribution in [0.3, 0.4) is 0 Å². The van der Waals surface area contributed by atoms with Crippen LogP contribution in [-0.4, -0.2) is 54.5 Å². The summed E-state index contributed by atoms with van der Waals surface area (Å²) < 4.78 is 26.0. The van der Waals surface area contributed by atoms with Crippen LogP contribution in [0.5, 0.6) is 0 Å². The zero-order valence-electron chi connectivity index (χ0n) is 14.2. The van der Waals surface area contributed by atoms with Gasteiger partial charge in [-0.25, -0.2) is 12.7 Å². The van der Waals surface area contributed by atoms with Gasteiger partial charge in [-0.05, 0) is 55.8 Å². The molecule has 2 aliphatic heterocycles. The summed E-state index contributed by atoms with van der Waals surface area (Å²) in [7, 11) is -3.14. The van der Waals surface area contributed by atoms with E-state index in [0.717, 1.165) is 26.1 Å². The minimum Gasteiger partial charge on any atom is -0.299 e. The van der Waals surface area contributed by atoms with Crippen LogP contribution in [0.15, 0.2) is 37.2 Å². The molecular weight excluding hydrogens is 322 g/mol. The molecule has 0 aliphatic carbocycles. The van der Waals surface area contributed by atoms with Crippen molar-refractivity contribution in [3.8, 4) is 0 Å². The van der Waals surface area contributed by atoms with Crippen molar-refractivity contribution in [3.63, 3.8) is 0 Å². The predicted octanol–water partition coefficient (Wildman–Crippen LogP) is 2.13. The van der Waals surface area contributed by atoms with Crippen molar-refractivity contribution in [2.75, 3.05) is 31.9 Å². The Labute approximate surface area is 145 Å². The summed E-state index contributed by atoms with van der Waals surface area (Å²) in [6.45, 7) is 8.08. The Morgan fingerprint density at radius 2 is 1.96 bits per heavy atom. The lowest BCUT2D eigenvalue weighted by atomic mass is 9.84. The van der Waals surface area contributed by atoms with Crippen molar-refractivity contribution < 1.29 is 8.42 Å². The van der Waals surface area contributed by atoms with Gasteiger partial charge in [-0.3, -0.25) is 9.88 Å². The number of rotatable bonds is 6. The second-order valence-corrected chi connectivity index (χ2v) is 8.96. The van der Waals surface area contributed by atoms with Crippen LogP contribution in [0.2, 0.25) is 0 Å². The van der Waals surface area contributed by atoms with E-state index in [1.807, 2.05) is 18.5 Å². The third kappa shape index (κ3) is 4.23. The van der Waals surface area contributed by atoms with E-state index >= 15 is 0 Å². The first kappa shape index (κ1) is 17.6. The summed E-state index contributed by atoms with van der Waals surface area (Å²) in [6.07, 6.45) is 8.57. The van der Waals surface area contributed by atoms with Gasteiger partial charge in [0.05, 0.1) is 5.75 Å². The van der Waals surface area contributed by atoms with Crippen molar-refractivity contribution in [1.29, 1.82) is 0 Å². The molecule has 0 N–H and O–H groups in total. The highest BCUT2D eigenvalue weighted by molar-refractivity contribution is 7.89. The summed E-state index contributed by atoms with van der Waals surface area (Å²) in [5.41, 5.74) is 1.26. The topological polar surface area (TPSA) is 53.5 Å². The van der Waals surface area contributed by atoms with E-state index in [0.29, 0.717) is 24.9 Å². The van der Waals surface area contributed by atoms with Crippen molar-refractivity contribution in [2.24, 2.45) is 11.8 Å². The molecule has 2 saturated heterocycles. The van der Waals surface area contributed by atoms with Gasteiger partial charge in [0, 0.05) is 32.0 Å². The lowest BCUT2D eigenvalue weighted by molar-refractivity contribution is 0.144. The van der Waals surface area contributed by atoms with Gasteiger partial charge in [0.15, 0.2) is 0 Å². The molecule has 6 heteroatoms. The number of hydrogen-bond acceptors (Lipinski definition) is 4. The molecular formula is C18H27N3O2S. The zero-order valence-corrected chi connectivity index (χ0v) is 15.0. The van der Waals surface area contributed by atoms with Crippen molar-refractivity contribution in [2.45, 2.75) is 25.8 Å². The third-order valence-corrected chi connectivity index (χ3v) is 7.11. The van der Waals surface area contributed by atoms with E-state index in [9.17, 15) is 8.42 Å². The maximum absolute atomic E-state index is 12.2. The van der Waals surface area contributed by atoms with Crippen LogP contribution in [0.4, 0.5) is 0 Å². The van der Waals surface area contributed by atoms with Crippen LogP contribution in [-0.2, 0) is 16.6 Å². The third-order valence-electron chi connectivity index (χ3n) is 5.34. The maximum Gasteiger partial charge on any atom is 0.217 e. The Morgan fingerprint density at radius 3 is 2.62 bits per heavy atom. The average molecular weight is 350 g/mol. The van der Waals surface area contributed by atoms with E-state index in [4.69, 9.17) is 0 Å². The first-order chi connectivity index (χ1) is 11.6. The van der Waals surface area contributed by atoms with Gasteiger partial charge in [0.2, 0.25) is 10.0 Å². The van der Waals surface area contributed by atoms with E-state index < -0.39 is 10.0 Å². The summed E-state index contributed by atoms with van der Waals surface area (Å²) in [5, 5.41) is 0. The second kappa shape index (κ2) is 7.76. The minimum atomic E-state index is -3.14. The second-order valence-electron chi connectivity index (χ2n) is 6.95. The summed E-state index contributed by atoms with van der Waals surface area (Å²) >= 11 is 0. The number of likely N-dealkylation sites (tertiary alicyclic amines) is 1. The largest absolute Gasteiger partial charge is 0.299 e. The van der Waals surface area contributed by atoms with E-state index in [1.165, 1.54) is 24.5 Å². The minimum absolute atomic E-state index is 0.0588. The maximum atomic E-state index is 12.2. The molecule has 0 unspecified atom stereocenters. The Morgan fingerprint density at radius 1 is 1.21 bits per heavy atom. The van der Waals surface area contributed by atoms with Gasteiger partial charge >= 0.3 is 0 Å². The molecule has 3 rings (SSSR count). The lowest BCUT2D eigenvalue weighted by Crippen LogP contribution is -2.37. The molecule has 1 atom stereocenters. The monoisotopic (exact) mass is 349 g/mol. The number of hydrogen-bond donors (Lipinski definition) is 0. The van der Waals surface area contributed by atoms with Gasteiger partial charge in [-0.15, -0.1) is 6.58 Å². The molecule has 0 radical (unpaired) electrons. The fraction of sp³-hybridized carbons (Fsp3) is 0.611. The van der Waals surface area contributed by atoms with Crippen LogP contribution < -0.4 is 0 Å². The van der Waals surface area contributed by atoms with Crippen molar-refractivity contribution in [3.05, 3.63) is 42.7 Å². The number of pyridine rings is 1. The highest BCUT2D eigenvalue weighted by atomic mass is 32.2. The van der Waals surface area contributed by atoms with Gasteiger partial charge in [-0.2, -0.15) is 0 Å². The fourth-order valence-corrected chi connectivity index (χ4v) is 5.29. The number of sulfonamides is 1. The first-order valence-electron chi connectivity index (χ1n) is 8.78. The van der Waals surface area contributed by atoms with Crippen LogP contribution in [0.25, 0.3) is 0 Å². The molecule has 0 bridgehead atoms. The van der Waals surface area contributed by atoms with Crippen LogP contribution in [0.1, 0.15) is 24.8 Å². The molecule has 132 valence electrons. The van der Waals surface area contributed by atoms with Crippen LogP contribution >= 0.6 is 0 Å². The van der Waals surface area contributed by atoms with Gasteiger partial charge in [0.25, 0.3) is 0 Å². The number of aromatic nitrogens is 1. The Balaban J connectivity index is 1.48. The zero-order chi connectivity index (χ0) is 17.0. The Kier molecular flexibility index (Phi) is 5.69. The number of nitrogens with zero attached hydrogens (tertiary/aromatic N) is 3. The van der Waals surface area contributed by atoms with Gasteiger partial charge < -0.3 is 0 Å². The normalized spacial score (nSPS) is 24.2. The van der Waals surface area contributed by atoms with E-state index in [-0.39, 0.29) is 5.75 Å². The molecule has 0 spiro atoms. The molecule has 5 nitrogen and oxygen atoms in total. The van der Waals surface area contributed by atoms with E-state index in [1.54, 1.807) is 4.31 Å².